The van der Waals surface area contributed by atoms with Gasteiger partial charge in [0, 0.05) is 6.54 Å². The van der Waals surface area contributed by atoms with Crippen LogP contribution in [0, 0.1) is 11.3 Å². The lowest BCUT2D eigenvalue weighted by Gasteiger charge is -2.19. The van der Waals surface area contributed by atoms with Crippen molar-refractivity contribution in [2.24, 2.45) is 0 Å². The molecule has 1 aromatic carbocycles. The standard InChI is InChI=1S/C23H25N5O2S2/c1-5-11-28-19(14-30-18-8-6-17(7-9-18)23(2,3)4)26-27-22(28)32-15-20(29)25-21-16(13-24)10-12-31-21/h5-10,12H,1,11,14-15H2,2-4H3,(H,25,29). The Kier molecular flexibility index (Phi) is 7.72. The van der Waals surface area contributed by atoms with Crippen LogP contribution in [-0.2, 0) is 23.4 Å². The number of thioether (sulfide) groups is 1. The molecular formula is C23H25N5O2S2. The number of benzene rings is 1. The van der Waals surface area contributed by atoms with Crippen LogP contribution >= 0.6 is 23.1 Å². The molecule has 1 N–H and O–H groups in total. The summed E-state index contributed by atoms with van der Waals surface area (Å²) in [4.78, 5) is 12.3. The van der Waals surface area contributed by atoms with E-state index in [4.69, 9.17) is 10.00 Å². The first-order chi connectivity index (χ1) is 15.3. The lowest BCUT2D eigenvalue weighted by molar-refractivity contribution is -0.113. The molecule has 7 nitrogen and oxygen atoms in total. The van der Waals surface area contributed by atoms with E-state index in [1.54, 1.807) is 17.5 Å². The molecule has 0 atom stereocenters. The van der Waals surface area contributed by atoms with Crippen molar-refractivity contribution in [2.75, 3.05) is 11.1 Å². The molecule has 32 heavy (non-hydrogen) atoms. The molecule has 0 aliphatic rings. The van der Waals surface area contributed by atoms with Crippen molar-refractivity contribution >= 4 is 34.0 Å². The number of nitrogens with one attached hydrogen (secondary N) is 1. The minimum Gasteiger partial charge on any atom is -0.486 e. The van der Waals surface area contributed by atoms with Gasteiger partial charge in [0.15, 0.2) is 11.0 Å². The maximum absolute atomic E-state index is 12.3. The van der Waals surface area contributed by atoms with Gasteiger partial charge in [-0.1, -0.05) is 50.7 Å². The minimum atomic E-state index is -0.209. The van der Waals surface area contributed by atoms with Gasteiger partial charge in [0.1, 0.15) is 23.4 Å². The number of amides is 1. The van der Waals surface area contributed by atoms with Crippen molar-refractivity contribution in [3.8, 4) is 11.8 Å². The monoisotopic (exact) mass is 467 g/mol. The van der Waals surface area contributed by atoms with Gasteiger partial charge in [0.05, 0.1) is 11.3 Å². The number of allylic oxidation sites excluding steroid dienone is 1. The Morgan fingerprint density at radius 1 is 1.31 bits per heavy atom. The molecular weight excluding hydrogens is 442 g/mol. The van der Waals surface area contributed by atoms with Crippen molar-refractivity contribution in [1.29, 1.82) is 5.26 Å². The highest BCUT2D eigenvalue weighted by Crippen LogP contribution is 2.26. The molecule has 9 heteroatoms. The fourth-order valence-corrected chi connectivity index (χ4v) is 4.35. The number of ether oxygens (including phenoxy) is 1. The second kappa shape index (κ2) is 10.5. The van der Waals surface area contributed by atoms with E-state index in [9.17, 15) is 4.79 Å². The summed E-state index contributed by atoms with van der Waals surface area (Å²) in [6.45, 7) is 11.1. The average molecular weight is 468 g/mol. The Morgan fingerprint density at radius 3 is 2.72 bits per heavy atom. The number of carbonyl (C=O) groups is 1. The zero-order valence-corrected chi connectivity index (χ0v) is 19.9. The molecule has 2 heterocycles. The molecule has 0 spiro atoms. The van der Waals surface area contributed by atoms with Crippen molar-refractivity contribution in [2.45, 2.75) is 44.5 Å². The molecule has 0 saturated carbocycles. The molecule has 0 aliphatic carbocycles. The first-order valence-electron chi connectivity index (χ1n) is 9.98. The Bertz CT molecular complexity index is 1120. The Balaban J connectivity index is 1.61. The fraction of sp³-hybridized carbons (Fsp3) is 0.304. The number of nitriles is 1. The van der Waals surface area contributed by atoms with E-state index in [1.165, 1.54) is 28.7 Å². The van der Waals surface area contributed by atoms with E-state index in [0.717, 1.165) is 5.75 Å². The quantitative estimate of drug-likeness (QED) is 0.351. The van der Waals surface area contributed by atoms with Gasteiger partial charge >= 0.3 is 0 Å². The van der Waals surface area contributed by atoms with Crippen molar-refractivity contribution in [3.05, 3.63) is 65.3 Å². The Hall–Kier alpha value is -3.09. The highest BCUT2D eigenvalue weighted by atomic mass is 32.2. The molecule has 0 bridgehead atoms. The van der Waals surface area contributed by atoms with Gasteiger partial charge in [0.25, 0.3) is 0 Å². The third-order valence-corrected chi connectivity index (χ3v) is 6.36. The van der Waals surface area contributed by atoms with Gasteiger partial charge in [-0.2, -0.15) is 5.26 Å². The zero-order valence-electron chi connectivity index (χ0n) is 18.3. The SMILES string of the molecule is C=CCn1c(COc2ccc(C(C)(C)C)cc2)nnc1SCC(=O)Nc1sccc1C#N. The van der Waals surface area contributed by atoms with E-state index >= 15 is 0 Å². The van der Waals surface area contributed by atoms with Crippen LogP contribution in [0.4, 0.5) is 5.00 Å². The molecule has 1 amide bonds. The Labute approximate surface area is 196 Å². The van der Waals surface area contributed by atoms with Crippen LogP contribution in [0.5, 0.6) is 5.75 Å². The number of hydrogen-bond donors (Lipinski definition) is 1. The summed E-state index contributed by atoms with van der Waals surface area (Å²) in [5, 5.41) is 23.2. The van der Waals surface area contributed by atoms with Gasteiger partial charge in [0.2, 0.25) is 5.91 Å². The number of aromatic nitrogens is 3. The maximum atomic E-state index is 12.3. The number of thiophene rings is 1. The molecule has 0 aliphatic heterocycles. The van der Waals surface area contributed by atoms with Gasteiger partial charge < -0.3 is 10.1 Å². The van der Waals surface area contributed by atoms with Crippen LogP contribution in [0.1, 0.15) is 37.7 Å². The molecule has 0 radical (unpaired) electrons. The minimum absolute atomic E-state index is 0.0841. The zero-order chi connectivity index (χ0) is 23.1. The van der Waals surface area contributed by atoms with E-state index in [1.807, 2.05) is 16.7 Å². The van der Waals surface area contributed by atoms with Gasteiger partial charge in [-0.3, -0.25) is 9.36 Å². The second-order valence-corrected chi connectivity index (χ2v) is 9.83. The largest absolute Gasteiger partial charge is 0.486 e. The third-order valence-electron chi connectivity index (χ3n) is 4.56. The predicted octanol–water partition coefficient (Wildman–Crippen LogP) is 5.00. The Morgan fingerprint density at radius 2 is 2.06 bits per heavy atom. The number of anilines is 1. The van der Waals surface area contributed by atoms with Gasteiger partial charge in [-0.05, 0) is 34.6 Å². The molecule has 0 unspecified atom stereocenters. The lowest BCUT2D eigenvalue weighted by Crippen LogP contribution is -2.15. The topological polar surface area (TPSA) is 92.8 Å². The lowest BCUT2D eigenvalue weighted by atomic mass is 9.87. The number of nitrogens with zero attached hydrogens (tertiary/aromatic N) is 4. The first-order valence-corrected chi connectivity index (χ1v) is 11.8. The molecule has 0 saturated heterocycles. The summed E-state index contributed by atoms with van der Waals surface area (Å²) < 4.78 is 7.78. The number of hydrogen-bond acceptors (Lipinski definition) is 7. The number of rotatable bonds is 9. The second-order valence-electron chi connectivity index (χ2n) is 7.97. The van der Waals surface area contributed by atoms with Crippen molar-refractivity contribution in [3.63, 3.8) is 0 Å². The molecule has 3 rings (SSSR count). The van der Waals surface area contributed by atoms with Crippen LogP contribution in [0.2, 0.25) is 0 Å². The summed E-state index contributed by atoms with van der Waals surface area (Å²) in [5.74, 6) is 1.34. The van der Waals surface area contributed by atoms with E-state index in [2.05, 4.69) is 61.1 Å². The van der Waals surface area contributed by atoms with Crippen LogP contribution in [0.3, 0.4) is 0 Å². The van der Waals surface area contributed by atoms with E-state index in [0.29, 0.717) is 28.1 Å². The summed E-state index contributed by atoms with van der Waals surface area (Å²) in [6, 6.07) is 11.8. The normalized spacial score (nSPS) is 11.1. The van der Waals surface area contributed by atoms with Crippen LogP contribution in [0.25, 0.3) is 0 Å². The van der Waals surface area contributed by atoms with Crippen LogP contribution in [-0.4, -0.2) is 26.4 Å². The van der Waals surface area contributed by atoms with Crippen molar-refractivity contribution in [1.82, 2.24) is 14.8 Å². The summed E-state index contributed by atoms with van der Waals surface area (Å²) in [6.07, 6.45) is 1.75. The molecule has 166 valence electrons. The molecule has 0 fully saturated rings. The molecule has 3 aromatic rings. The summed E-state index contributed by atoms with van der Waals surface area (Å²) in [5.41, 5.74) is 1.78. The van der Waals surface area contributed by atoms with Crippen LogP contribution in [0.15, 0.2) is 53.5 Å². The third kappa shape index (κ3) is 5.99. The summed E-state index contributed by atoms with van der Waals surface area (Å²) >= 11 is 2.59. The van der Waals surface area contributed by atoms with Gasteiger partial charge in [-0.15, -0.1) is 28.1 Å². The fourth-order valence-electron chi connectivity index (χ4n) is 2.83. The van der Waals surface area contributed by atoms with E-state index in [-0.39, 0.29) is 23.7 Å². The van der Waals surface area contributed by atoms with Gasteiger partial charge in [-0.25, -0.2) is 0 Å². The van der Waals surface area contributed by atoms with Crippen molar-refractivity contribution < 1.29 is 9.53 Å². The summed E-state index contributed by atoms with van der Waals surface area (Å²) in [7, 11) is 0. The maximum Gasteiger partial charge on any atom is 0.235 e. The first kappa shape index (κ1) is 23.6. The highest BCUT2D eigenvalue weighted by Gasteiger charge is 2.16. The average Bonchev–Trinajstić information content (AvgIpc) is 3.37. The smallest absolute Gasteiger partial charge is 0.235 e. The molecule has 2 aromatic heterocycles. The highest BCUT2D eigenvalue weighted by molar-refractivity contribution is 7.99. The number of carbonyl (C=O) groups excluding carboxylic acids is 1. The predicted molar refractivity (Wildman–Crippen MR) is 128 cm³/mol. The van der Waals surface area contributed by atoms with E-state index < -0.39 is 0 Å². The van der Waals surface area contributed by atoms with Crippen LogP contribution < -0.4 is 10.1 Å².